The summed E-state index contributed by atoms with van der Waals surface area (Å²) in [4.78, 5) is 15.3. The number of aromatic nitrogens is 1. The van der Waals surface area contributed by atoms with Crippen molar-refractivity contribution in [2.75, 3.05) is 19.6 Å². The smallest absolute Gasteiger partial charge is 0.178 e. The Bertz CT molecular complexity index is 978. The Morgan fingerprint density at radius 3 is 2.21 bits per heavy atom. The molecule has 0 bridgehead atoms. The van der Waals surface area contributed by atoms with Crippen LogP contribution in [0.1, 0.15) is 41.5 Å². The second-order valence-corrected chi connectivity index (χ2v) is 8.41. The van der Waals surface area contributed by atoms with E-state index in [1.54, 1.807) is 0 Å². The van der Waals surface area contributed by atoms with Crippen LogP contribution in [-0.2, 0) is 0 Å². The Morgan fingerprint density at radius 1 is 0.931 bits per heavy atom. The van der Waals surface area contributed by atoms with E-state index in [1.807, 2.05) is 6.07 Å². The molecule has 0 amide bonds. The Balaban J connectivity index is 1.55. The van der Waals surface area contributed by atoms with Crippen LogP contribution in [0.3, 0.4) is 0 Å². The number of benzene rings is 2. The number of rotatable bonds is 5. The largest absolute Gasteiger partial charge is 0.318 e. The maximum Gasteiger partial charge on any atom is 0.178 e. The standard InChI is InChI=1S/C26H30N2O/c1-19-13-15-27(16-14-19)18-26(29)25-17-20(2)28(21(25)3)24-11-9-23(10-12-24)22-7-5-4-6-8-22/h4-12,17,19H,13-16,18H2,1-3H3. The molecule has 3 heteroatoms. The molecule has 1 aromatic heterocycles. The minimum Gasteiger partial charge on any atom is -0.318 e. The molecule has 0 saturated carbocycles. The van der Waals surface area contributed by atoms with Crippen molar-refractivity contribution in [3.05, 3.63) is 77.6 Å². The Labute approximate surface area is 174 Å². The summed E-state index contributed by atoms with van der Waals surface area (Å²) in [7, 11) is 0. The molecule has 0 unspecified atom stereocenters. The minimum atomic E-state index is 0.236. The van der Waals surface area contributed by atoms with Crippen molar-refractivity contribution in [3.8, 4) is 16.8 Å². The van der Waals surface area contributed by atoms with Crippen LogP contribution in [0.4, 0.5) is 0 Å². The van der Waals surface area contributed by atoms with Gasteiger partial charge in [0.25, 0.3) is 0 Å². The molecular formula is C26H30N2O. The van der Waals surface area contributed by atoms with Gasteiger partial charge in [0.1, 0.15) is 0 Å². The number of likely N-dealkylation sites (tertiary alicyclic amines) is 1. The van der Waals surface area contributed by atoms with Gasteiger partial charge in [-0.05, 0) is 75.0 Å². The van der Waals surface area contributed by atoms with E-state index >= 15 is 0 Å². The summed E-state index contributed by atoms with van der Waals surface area (Å²) in [6, 6.07) is 21.0. The van der Waals surface area contributed by atoms with Crippen molar-refractivity contribution in [2.24, 2.45) is 5.92 Å². The van der Waals surface area contributed by atoms with Gasteiger partial charge in [0.2, 0.25) is 0 Å². The first kappa shape index (κ1) is 19.7. The second-order valence-electron chi connectivity index (χ2n) is 8.41. The van der Waals surface area contributed by atoms with Crippen LogP contribution in [-0.4, -0.2) is 34.9 Å². The monoisotopic (exact) mass is 386 g/mol. The van der Waals surface area contributed by atoms with E-state index in [9.17, 15) is 4.79 Å². The van der Waals surface area contributed by atoms with Crippen LogP contribution >= 0.6 is 0 Å². The van der Waals surface area contributed by atoms with Crippen LogP contribution in [0.25, 0.3) is 16.8 Å². The molecule has 3 nitrogen and oxygen atoms in total. The molecule has 0 spiro atoms. The van der Waals surface area contributed by atoms with Gasteiger partial charge in [-0.15, -0.1) is 0 Å². The molecule has 1 aliphatic heterocycles. The van der Waals surface area contributed by atoms with E-state index < -0.39 is 0 Å². The minimum absolute atomic E-state index is 0.236. The molecule has 2 heterocycles. The number of ketones is 1. The molecule has 150 valence electrons. The van der Waals surface area contributed by atoms with E-state index in [1.165, 1.54) is 24.0 Å². The summed E-state index contributed by atoms with van der Waals surface area (Å²) in [5.41, 5.74) is 6.51. The highest BCUT2D eigenvalue weighted by atomic mass is 16.1. The van der Waals surface area contributed by atoms with Crippen molar-refractivity contribution in [3.63, 3.8) is 0 Å². The third-order valence-electron chi connectivity index (χ3n) is 6.21. The van der Waals surface area contributed by atoms with E-state index in [0.29, 0.717) is 6.54 Å². The van der Waals surface area contributed by atoms with Crippen molar-refractivity contribution in [1.82, 2.24) is 9.47 Å². The van der Waals surface area contributed by atoms with Crippen LogP contribution in [0, 0.1) is 19.8 Å². The lowest BCUT2D eigenvalue weighted by Crippen LogP contribution is -2.36. The fourth-order valence-corrected chi connectivity index (χ4v) is 4.38. The molecule has 1 aliphatic rings. The van der Waals surface area contributed by atoms with Crippen LogP contribution in [0.15, 0.2) is 60.7 Å². The van der Waals surface area contributed by atoms with Crippen LogP contribution in [0.5, 0.6) is 0 Å². The predicted molar refractivity (Wildman–Crippen MR) is 120 cm³/mol. The quantitative estimate of drug-likeness (QED) is 0.527. The zero-order valence-corrected chi connectivity index (χ0v) is 17.7. The number of hydrogen-bond acceptors (Lipinski definition) is 2. The van der Waals surface area contributed by atoms with Crippen LogP contribution < -0.4 is 0 Å². The van der Waals surface area contributed by atoms with Crippen LogP contribution in [0.2, 0.25) is 0 Å². The van der Waals surface area contributed by atoms with Gasteiger partial charge in [0.15, 0.2) is 5.78 Å². The van der Waals surface area contributed by atoms with E-state index in [-0.39, 0.29) is 5.78 Å². The van der Waals surface area contributed by atoms with Gasteiger partial charge in [-0.3, -0.25) is 9.69 Å². The molecule has 0 radical (unpaired) electrons. The van der Waals surface area contributed by atoms with Gasteiger partial charge in [-0.1, -0.05) is 49.4 Å². The SMILES string of the molecule is Cc1cc(C(=O)CN2CCC(C)CC2)c(C)n1-c1ccc(-c2ccccc2)cc1. The lowest BCUT2D eigenvalue weighted by atomic mass is 9.99. The van der Waals surface area contributed by atoms with Gasteiger partial charge < -0.3 is 4.57 Å². The summed E-state index contributed by atoms with van der Waals surface area (Å²) in [6.07, 6.45) is 2.39. The number of hydrogen-bond donors (Lipinski definition) is 0. The maximum atomic E-state index is 13.0. The number of nitrogens with zero attached hydrogens (tertiary/aromatic N) is 2. The fourth-order valence-electron chi connectivity index (χ4n) is 4.38. The Kier molecular flexibility index (Phi) is 5.68. The second kappa shape index (κ2) is 8.38. The molecule has 29 heavy (non-hydrogen) atoms. The highest BCUT2D eigenvalue weighted by Crippen LogP contribution is 2.25. The topological polar surface area (TPSA) is 25.2 Å². The van der Waals surface area contributed by atoms with Crippen molar-refractivity contribution in [2.45, 2.75) is 33.6 Å². The van der Waals surface area contributed by atoms with Gasteiger partial charge in [0.05, 0.1) is 6.54 Å². The average Bonchev–Trinajstić information content (AvgIpc) is 3.04. The number of piperidine rings is 1. The lowest BCUT2D eigenvalue weighted by molar-refractivity contribution is 0.0899. The average molecular weight is 387 g/mol. The summed E-state index contributed by atoms with van der Waals surface area (Å²) in [5, 5.41) is 0. The maximum absolute atomic E-state index is 13.0. The summed E-state index contributed by atoms with van der Waals surface area (Å²) in [5.74, 6) is 1.02. The molecular weight excluding hydrogens is 356 g/mol. The van der Waals surface area contributed by atoms with E-state index in [4.69, 9.17) is 0 Å². The van der Waals surface area contributed by atoms with Crippen molar-refractivity contribution >= 4 is 5.78 Å². The van der Waals surface area contributed by atoms with E-state index in [0.717, 1.165) is 41.6 Å². The molecule has 1 fully saturated rings. The summed E-state index contributed by atoms with van der Waals surface area (Å²) >= 11 is 0. The lowest BCUT2D eigenvalue weighted by Gasteiger charge is -2.29. The van der Waals surface area contributed by atoms with Gasteiger partial charge in [-0.25, -0.2) is 0 Å². The first-order valence-corrected chi connectivity index (χ1v) is 10.6. The van der Waals surface area contributed by atoms with Gasteiger partial charge in [-0.2, -0.15) is 0 Å². The van der Waals surface area contributed by atoms with E-state index in [2.05, 4.69) is 84.8 Å². The van der Waals surface area contributed by atoms with Crippen molar-refractivity contribution in [1.29, 1.82) is 0 Å². The van der Waals surface area contributed by atoms with Gasteiger partial charge >= 0.3 is 0 Å². The molecule has 0 aliphatic carbocycles. The molecule has 0 N–H and O–H groups in total. The number of carbonyl (C=O) groups excluding carboxylic acids is 1. The predicted octanol–water partition coefficient (Wildman–Crippen LogP) is 5.68. The molecule has 0 atom stereocenters. The number of Topliss-reactive ketones (excluding diaryl/α,β-unsaturated/α-hetero) is 1. The Morgan fingerprint density at radius 2 is 1.55 bits per heavy atom. The fraction of sp³-hybridized carbons (Fsp3) is 0.346. The highest BCUT2D eigenvalue weighted by molar-refractivity contribution is 5.99. The number of aryl methyl sites for hydroxylation is 1. The highest BCUT2D eigenvalue weighted by Gasteiger charge is 2.22. The molecule has 1 saturated heterocycles. The molecule has 3 aromatic rings. The zero-order chi connectivity index (χ0) is 20.4. The summed E-state index contributed by atoms with van der Waals surface area (Å²) in [6.45, 7) is 9.04. The number of carbonyl (C=O) groups is 1. The Hall–Kier alpha value is -2.65. The zero-order valence-electron chi connectivity index (χ0n) is 17.7. The third kappa shape index (κ3) is 4.20. The first-order chi connectivity index (χ1) is 14.0. The molecule has 4 rings (SSSR count). The van der Waals surface area contributed by atoms with Gasteiger partial charge in [0, 0.05) is 22.6 Å². The third-order valence-corrected chi connectivity index (χ3v) is 6.21. The van der Waals surface area contributed by atoms with Crippen molar-refractivity contribution < 1.29 is 4.79 Å². The normalized spacial score (nSPS) is 15.6. The first-order valence-electron chi connectivity index (χ1n) is 10.6. The molecule has 2 aromatic carbocycles. The summed E-state index contributed by atoms with van der Waals surface area (Å²) < 4.78 is 2.19.